The average Bonchev–Trinajstić information content (AvgIpc) is 3.23. The van der Waals surface area contributed by atoms with Crippen LogP contribution in [0, 0.1) is 0 Å². The first-order chi connectivity index (χ1) is 16.1. The van der Waals surface area contributed by atoms with Gasteiger partial charge >= 0.3 is 5.63 Å². The molecule has 0 aliphatic heterocycles. The summed E-state index contributed by atoms with van der Waals surface area (Å²) < 4.78 is 8.84. The van der Waals surface area contributed by atoms with E-state index in [-0.39, 0.29) is 11.3 Å². The van der Waals surface area contributed by atoms with Gasteiger partial charge in [0.2, 0.25) is 5.78 Å². The molecule has 2 aromatic carbocycles. The minimum atomic E-state index is -0.481. The van der Waals surface area contributed by atoms with Crippen LogP contribution >= 0.6 is 11.8 Å². The number of nitrogens with zero attached hydrogens (tertiary/aromatic N) is 4. The van der Waals surface area contributed by atoms with Crippen molar-refractivity contribution in [1.29, 1.82) is 0 Å². The van der Waals surface area contributed by atoms with Crippen molar-refractivity contribution in [2.75, 3.05) is 0 Å². The second kappa shape index (κ2) is 8.74. The molecule has 0 saturated heterocycles. The van der Waals surface area contributed by atoms with Crippen molar-refractivity contribution < 1.29 is 9.52 Å². The van der Waals surface area contributed by atoms with Crippen LogP contribution < -0.4 is 11.2 Å². The van der Waals surface area contributed by atoms with E-state index in [4.69, 9.17) is 4.42 Å². The summed E-state index contributed by atoms with van der Waals surface area (Å²) in [6.45, 7) is 2.71. The lowest BCUT2D eigenvalue weighted by atomic mass is 10.1. The van der Waals surface area contributed by atoms with Crippen LogP contribution in [0.2, 0.25) is 0 Å². The molecule has 0 aliphatic rings. The van der Waals surface area contributed by atoms with E-state index in [1.807, 2.05) is 28.7 Å². The van der Waals surface area contributed by atoms with Crippen molar-refractivity contribution in [1.82, 2.24) is 19.2 Å². The highest BCUT2D eigenvalue weighted by atomic mass is 32.2. The lowest BCUT2D eigenvalue weighted by molar-refractivity contribution is 0.473. The second-order valence-electron chi connectivity index (χ2n) is 7.86. The molecule has 0 atom stereocenters. The molecule has 3 heterocycles. The molecule has 168 valence electrons. The predicted molar refractivity (Wildman–Crippen MR) is 128 cm³/mol. The minimum absolute atomic E-state index is 0.0337. The fraction of sp³-hybridized carbons (Fsp3) is 0.250. The maximum absolute atomic E-state index is 13.1. The molecule has 0 unspecified atom stereocenters. The van der Waals surface area contributed by atoms with Gasteiger partial charge in [-0.1, -0.05) is 43.7 Å². The molecule has 1 N–H and O–H groups in total. The topological polar surface area (TPSA) is 103 Å². The van der Waals surface area contributed by atoms with Crippen molar-refractivity contribution in [3.8, 4) is 5.75 Å². The van der Waals surface area contributed by atoms with Gasteiger partial charge in [-0.2, -0.15) is 0 Å². The van der Waals surface area contributed by atoms with E-state index >= 15 is 0 Å². The molecule has 5 rings (SSSR count). The lowest BCUT2D eigenvalue weighted by Gasteiger charge is -2.11. The highest BCUT2D eigenvalue weighted by Gasteiger charge is 2.17. The number of phenols is 1. The molecule has 0 radical (unpaired) electrons. The molecule has 9 heteroatoms. The molecule has 0 fully saturated rings. The third-order valence-corrected chi connectivity index (χ3v) is 6.61. The third-order valence-electron chi connectivity index (χ3n) is 5.63. The summed E-state index contributed by atoms with van der Waals surface area (Å²) in [6, 6.07) is 13.6. The van der Waals surface area contributed by atoms with Gasteiger partial charge in [0.1, 0.15) is 11.3 Å². The zero-order chi connectivity index (χ0) is 22.9. The van der Waals surface area contributed by atoms with Crippen molar-refractivity contribution in [2.24, 2.45) is 0 Å². The summed E-state index contributed by atoms with van der Waals surface area (Å²) in [7, 11) is 0. The number of hydrogen-bond acceptors (Lipinski definition) is 7. The third kappa shape index (κ3) is 3.89. The first-order valence-electron chi connectivity index (χ1n) is 10.8. The maximum Gasteiger partial charge on any atom is 0.336 e. The number of aromatic nitrogens is 4. The van der Waals surface area contributed by atoms with E-state index < -0.39 is 5.63 Å². The largest absolute Gasteiger partial charge is 0.508 e. The summed E-state index contributed by atoms with van der Waals surface area (Å²) in [6.07, 6.45) is 2.97. The zero-order valence-corrected chi connectivity index (χ0v) is 18.8. The number of aryl methyl sites for hydroxylation is 1. The van der Waals surface area contributed by atoms with Gasteiger partial charge in [0.05, 0.1) is 10.9 Å². The highest BCUT2D eigenvalue weighted by molar-refractivity contribution is 7.98. The van der Waals surface area contributed by atoms with Gasteiger partial charge in [-0.05, 0) is 36.2 Å². The standard InChI is InChI=1S/C24H22N4O4S/c1-2-3-6-11-27-22(31)18-7-4-5-8-19(18)28-23(27)25-26-24(28)33-14-15-12-21(30)32-20-13-16(29)9-10-17(15)20/h4-5,7-10,12-13,29H,2-3,6,11,14H2,1H3. The molecule has 0 bridgehead atoms. The number of benzene rings is 2. The highest BCUT2D eigenvalue weighted by Crippen LogP contribution is 2.29. The Kier molecular flexibility index (Phi) is 5.63. The summed E-state index contributed by atoms with van der Waals surface area (Å²) >= 11 is 1.43. The van der Waals surface area contributed by atoms with E-state index in [9.17, 15) is 14.7 Å². The molecule has 0 saturated carbocycles. The SMILES string of the molecule is CCCCCn1c(=O)c2ccccc2n2c(SCc3cc(=O)oc4cc(O)ccc34)nnc12. The lowest BCUT2D eigenvalue weighted by Crippen LogP contribution is -2.23. The zero-order valence-electron chi connectivity index (χ0n) is 18.0. The summed E-state index contributed by atoms with van der Waals surface area (Å²) in [5.74, 6) is 0.989. The predicted octanol–water partition coefficient (Wildman–Crippen LogP) is 4.34. The normalized spacial score (nSPS) is 11.7. The Bertz CT molecular complexity index is 1600. The Hall–Kier alpha value is -3.59. The number of phenolic OH excluding ortho intramolecular Hbond substituents is 1. The van der Waals surface area contributed by atoms with Crippen LogP contribution in [0.4, 0.5) is 0 Å². The van der Waals surface area contributed by atoms with E-state index in [1.165, 1.54) is 23.9 Å². The van der Waals surface area contributed by atoms with Crippen molar-refractivity contribution in [2.45, 2.75) is 43.6 Å². The van der Waals surface area contributed by atoms with Crippen LogP contribution in [0.1, 0.15) is 31.7 Å². The van der Waals surface area contributed by atoms with Gasteiger partial charge in [-0.25, -0.2) is 4.79 Å². The monoisotopic (exact) mass is 462 g/mol. The second-order valence-corrected chi connectivity index (χ2v) is 8.80. The van der Waals surface area contributed by atoms with Crippen molar-refractivity contribution in [3.63, 3.8) is 0 Å². The molecule has 0 spiro atoms. The molecule has 8 nitrogen and oxygen atoms in total. The average molecular weight is 463 g/mol. The Morgan fingerprint density at radius 3 is 2.73 bits per heavy atom. The van der Waals surface area contributed by atoms with E-state index in [1.54, 1.807) is 16.7 Å². The van der Waals surface area contributed by atoms with Crippen LogP contribution in [0.5, 0.6) is 5.75 Å². The first kappa shape index (κ1) is 21.3. The number of aromatic hydroxyl groups is 1. The Balaban J connectivity index is 1.60. The van der Waals surface area contributed by atoms with Crippen LogP contribution in [0.15, 0.2) is 67.7 Å². The summed E-state index contributed by atoms with van der Waals surface area (Å²) in [5, 5.41) is 20.4. The van der Waals surface area contributed by atoms with Gasteiger partial charge in [0.25, 0.3) is 5.56 Å². The smallest absolute Gasteiger partial charge is 0.336 e. The van der Waals surface area contributed by atoms with Crippen molar-refractivity contribution in [3.05, 3.63) is 74.9 Å². The Morgan fingerprint density at radius 1 is 1.03 bits per heavy atom. The van der Waals surface area contributed by atoms with E-state index in [2.05, 4.69) is 17.1 Å². The van der Waals surface area contributed by atoms with E-state index in [0.717, 1.165) is 35.7 Å². The quantitative estimate of drug-likeness (QED) is 0.218. The number of fused-ring (bicyclic) bond motifs is 4. The fourth-order valence-corrected chi connectivity index (χ4v) is 4.96. The van der Waals surface area contributed by atoms with Gasteiger partial charge in [0, 0.05) is 29.8 Å². The minimum Gasteiger partial charge on any atom is -0.508 e. The van der Waals surface area contributed by atoms with Crippen molar-refractivity contribution >= 4 is 39.4 Å². The number of unbranched alkanes of at least 4 members (excludes halogenated alkanes) is 2. The van der Waals surface area contributed by atoms with Gasteiger partial charge in [-0.15, -0.1) is 10.2 Å². The number of hydrogen-bond donors (Lipinski definition) is 1. The Labute approximate surface area is 192 Å². The van der Waals surface area contributed by atoms with Crippen LogP contribution in [-0.4, -0.2) is 24.3 Å². The van der Waals surface area contributed by atoms with Gasteiger partial charge < -0.3 is 9.52 Å². The summed E-state index contributed by atoms with van der Waals surface area (Å²) in [5.41, 5.74) is 1.30. The summed E-state index contributed by atoms with van der Waals surface area (Å²) in [4.78, 5) is 25.2. The van der Waals surface area contributed by atoms with Crippen LogP contribution in [0.25, 0.3) is 27.6 Å². The van der Waals surface area contributed by atoms with Gasteiger partial charge in [-0.3, -0.25) is 13.8 Å². The number of thioether (sulfide) groups is 1. The molecule has 0 aliphatic carbocycles. The first-order valence-corrected chi connectivity index (χ1v) is 11.8. The van der Waals surface area contributed by atoms with E-state index in [0.29, 0.717) is 34.2 Å². The number of para-hydroxylation sites is 1. The molecule has 33 heavy (non-hydrogen) atoms. The molecule has 5 aromatic rings. The molecular formula is C24H22N4O4S. The van der Waals surface area contributed by atoms with Gasteiger partial charge in [0.15, 0.2) is 5.16 Å². The Morgan fingerprint density at radius 2 is 1.88 bits per heavy atom. The maximum atomic E-state index is 13.1. The molecule has 0 amide bonds. The van der Waals surface area contributed by atoms with Crippen LogP contribution in [-0.2, 0) is 12.3 Å². The fourth-order valence-electron chi connectivity index (χ4n) is 4.03. The molecular weight excluding hydrogens is 440 g/mol. The van der Waals surface area contributed by atoms with Crippen LogP contribution in [0.3, 0.4) is 0 Å². The molecule has 3 aromatic heterocycles. The number of rotatable bonds is 7.